The number of nitrogens with one attached hydrogen (secondary N) is 1. The maximum Gasteiger partial charge on any atom is 0.0326 e. The quantitative estimate of drug-likeness (QED) is 0.905. The van der Waals surface area contributed by atoms with E-state index in [9.17, 15) is 0 Å². The highest BCUT2D eigenvalue weighted by atomic mass is 15.2. The number of likely N-dealkylation sites (tertiary alicyclic amines) is 1. The van der Waals surface area contributed by atoms with Gasteiger partial charge < -0.3 is 5.32 Å². The first-order valence-corrected chi connectivity index (χ1v) is 7.18. The lowest BCUT2D eigenvalue weighted by Gasteiger charge is -2.26. The number of benzene rings is 2. The second-order valence-corrected chi connectivity index (χ2v) is 5.51. The fourth-order valence-electron chi connectivity index (χ4n) is 3.19. The molecule has 0 spiro atoms. The fraction of sp³-hybridized carbons (Fsp3) is 0.412. The third kappa shape index (κ3) is 2.38. The number of nitrogens with zero attached hydrogens (tertiary/aromatic N) is 1. The van der Waals surface area contributed by atoms with Gasteiger partial charge in [0.25, 0.3) is 0 Å². The van der Waals surface area contributed by atoms with Crippen molar-refractivity contribution in [1.82, 2.24) is 10.2 Å². The first-order chi connectivity index (χ1) is 9.29. The van der Waals surface area contributed by atoms with Crippen LogP contribution < -0.4 is 5.32 Å². The van der Waals surface area contributed by atoms with Gasteiger partial charge in [-0.2, -0.15) is 0 Å². The fourth-order valence-corrected chi connectivity index (χ4v) is 3.19. The molecule has 0 radical (unpaired) electrons. The number of fused-ring (bicyclic) bond motifs is 1. The summed E-state index contributed by atoms with van der Waals surface area (Å²) in [6, 6.07) is 16.5. The van der Waals surface area contributed by atoms with E-state index in [1.54, 1.807) is 0 Å². The van der Waals surface area contributed by atoms with E-state index >= 15 is 0 Å². The van der Waals surface area contributed by atoms with E-state index in [0.717, 1.165) is 6.54 Å². The lowest BCUT2D eigenvalue weighted by molar-refractivity contribution is 0.258. The number of hydrogen-bond acceptors (Lipinski definition) is 2. The van der Waals surface area contributed by atoms with Crippen molar-refractivity contribution < 1.29 is 0 Å². The molecule has 0 bridgehead atoms. The van der Waals surface area contributed by atoms with Gasteiger partial charge >= 0.3 is 0 Å². The molecule has 1 aliphatic heterocycles. The van der Waals surface area contributed by atoms with Gasteiger partial charge in [-0.25, -0.2) is 0 Å². The molecule has 3 rings (SSSR count). The van der Waals surface area contributed by atoms with Crippen molar-refractivity contribution in [1.29, 1.82) is 0 Å². The van der Waals surface area contributed by atoms with Crippen LogP contribution in [0.3, 0.4) is 0 Å². The zero-order valence-corrected chi connectivity index (χ0v) is 11.8. The molecule has 2 aromatic rings. The highest BCUT2D eigenvalue weighted by Crippen LogP contribution is 2.30. The molecule has 0 aliphatic carbocycles. The third-order valence-electron chi connectivity index (χ3n) is 4.45. The van der Waals surface area contributed by atoms with Crippen molar-refractivity contribution in [2.24, 2.45) is 0 Å². The van der Waals surface area contributed by atoms with E-state index in [0.29, 0.717) is 12.1 Å². The summed E-state index contributed by atoms with van der Waals surface area (Å²) in [5, 5.41) is 6.13. The monoisotopic (exact) mass is 254 g/mol. The SMILES string of the molecule is CNC1CCN(C(C)c2cccc3ccccc23)C1. The van der Waals surface area contributed by atoms with Crippen molar-refractivity contribution in [3.8, 4) is 0 Å². The van der Waals surface area contributed by atoms with E-state index in [-0.39, 0.29) is 0 Å². The van der Waals surface area contributed by atoms with E-state index in [2.05, 4.69) is 66.7 Å². The molecular weight excluding hydrogens is 232 g/mol. The van der Waals surface area contributed by atoms with Crippen LogP contribution in [0.1, 0.15) is 24.9 Å². The molecule has 0 aromatic heterocycles. The summed E-state index contributed by atoms with van der Waals surface area (Å²) >= 11 is 0. The predicted molar refractivity (Wildman–Crippen MR) is 81.4 cm³/mol. The number of rotatable bonds is 3. The molecule has 2 heteroatoms. The lowest BCUT2D eigenvalue weighted by Crippen LogP contribution is -2.31. The summed E-state index contributed by atoms with van der Waals surface area (Å²) in [5.41, 5.74) is 1.45. The van der Waals surface area contributed by atoms with E-state index in [1.165, 1.54) is 29.3 Å². The van der Waals surface area contributed by atoms with Crippen molar-refractivity contribution in [2.45, 2.75) is 25.4 Å². The van der Waals surface area contributed by atoms with Gasteiger partial charge in [-0.15, -0.1) is 0 Å². The number of hydrogen-bond donors (Lipinski definition) is 1. The Hall–Kier alpha value is -1.38. The highest BCUT2D eigenvalue weighted by molar-refractivity contribution is 5.86. The van der Waals surface area contributed by atoms with E-state index < -0.39 is 0 Å². The molecule has 19 heavy (non-hydrogen) atoms. The minimum Gasteiger partial charge on any atom is -0.316 e. The minimum atomic E-state index is 0.490. The standard InChI is InChI=1S/C17H22N2/c1-13(19-11-10-15(12-19)18-2)16-9-5-7-14-6-3-4-8-17(14)16/h3-9,13,15,18H,10-12H2,1-2H3. The van der Waals surface area contributed by atoms with Gasteiger partial charge in [0.15, 0.2) is 0 Å². The first-order valence-electron chi connectivity index (χ1n) is 7.18. The van der Waals surface area contributed by atoms with Crippen molar-refractivity contribution >= 4 is 10.8 Å². The van der Waals surface area contributed by atoms with Crippen LogP contribution in [0.2, 0.25) is 0 Å². The Balaban J connectivity index is 1.92. The highest BCUT2D eigenvalue weighted by Gasteiger charge is 2.26. The Morgan fingerprint density at radius 3 is 2.74 bits per heavy atom. The van der Waals surface area contributed by atoms with Gasteiger partial charge in [0.05, 0.1) is 0 Å². The molecule has 100 valence electrons. The molecular formula is C17H22N2. The zero-order chi connectivity index (χ0) is 13.2. The average Bonchev–Trinajstić information content (AvgIpc) is 2.95. The Bertz CT molecular complexity index is 559. The van der Waals surface area contributed by atoms with Gasteiger partial charge in [-0.1, -0.05) is 42.5 Å². The normalized spacial score (nSPS) is 21.9. The van der Waals surface area contributed by atoms with Crippen LogP contribution in [-0.2, 0) is 0 Å². The van der Waals surface area contributed by atoms with Crippen LogP contribution >= 0.6 is 0 Å². The topological polar surface area (TPSA) is 15.3 Å². The lowest BCUT2D eigenvalue weighted by atomic mass is 9.99. The van der Waals surface area contributed by atoms with Crippen LogP contribution in [0.25, 0.3) is 10.8 Å². The van der Waals surface area contributed by atoms with Gasteiger partial charge in [0, 0.05) is 25.2 Å². The molecule has 2 nitrogen and oxygen atoms in total. The van der Waals surface area contributed by atoms with Gasteiger partial charge in [0.1, 0.15) is 0 Å². The Morgan fingerprint density at radius 2 is 1.95 bits per heavy atom. The summed E-state index contributed by atoms with van der Waals surface area (Å²) in [4.78, 5) is 2.59. The maximum absolute atomic E-state index is 3.40. The van der Waals surface area contributed by atoms with Crippen molar-refractivity contribution in [3.05, 3.63) is 48.0 Å². The number of likely N-dealkylation sites (N-methyl/N-ethyl adjacent to an activating group) is 1. The zero-order valence-electron chi connectivity index (χ0n) is 11.8. The summed E-state index contributed by atoms with van der Waals surface area (Å²) in [6.45, 7) is 4.68. The van der Waals surface area contributed by atoms with Gasteiger partial charge in [-0.3, -0.25) is 4.90 Å². The molecule has 2 unspecified atom stereocenters. The molecule has 0 amide bonds. The predicted octanol–water partition coefficient (Wildman–Crippen LogP) is 3.19. The second kappa shape index (κ2) is 5.32. The van der Waals surface area contributed by atoms with Crippen molar-refractivity contribution in [2.75, 3.05) is 20.1 Å². The van der Waals surface area contributed by atoms with E-state index in [1.807, 2.05) is 0 Å². The molecule has 2 aromatic carbocycles. The van der Waals surface area contributed by atoms with Crippen LogP contribution in [0, 0.1) is 0 Å². The molecule has 1 saturated heterocycles. The Kier molecular flexibility index (Phi) is 3.54. The average molecular weight is 254 g/mol. The van der Waals surface area contributed by atoms with Gasteiger partial charge in [-0.05, 0) is 36.7 Å². The smallest absolute Gasteiger partial charge is 0.0326 e. The van der Waals surface area contributed by atoms with Crippen LogP contribution in [-0.4, -0.2) is 31.1 Å². The molecule has 0 saturated carbocycles. The van der Waals surface area contributed by atoms with Crippen LogP contribution in [0.15, 0.2) is 42.5 Å². The second-order valence-electron chi connectivity index (χ2n) is 5.51. The van der Waals surface area contributed by atoms with Crippen molar-refractivity contribution in [3.63, 3.8) is 0 Å². The largest absolute Gasteiger partial charge is 0.316 e. The third-order valence-corrected chi connectivity index (χ3v) is 4.45. The maximum atomic E-state index is 3.40. The van der Waals surface area contributed by atoms with Crippen LogP contribution in [0.4, 0.5) is 0 Å². The van der Waals surface area contributed by atoms with Crippen LogP contribution in [0.5, 0.6) is 0 Å². The molecule has 1 fully saturated rings. The molecule has 2 atom stereocenters. The van der Waals surface area contributed by atoms with Gasteiger partial charge in [0.2, 0.25) is 0 Å². The summed E-state index contributed by atoms with van der Waals surface area (Å²) in [5.74, 6) is 0. The molecule has 1 heterocycles. The molecule has 1 aliphatic rings. The summed E-state index contributed by atoms with van der Waals surface area (Å²) in [7, 11) is 2.07. The Labute approximate surface area is 115 Å². The minimum absolute atomic E-state index is 0.490. The van der Waals surface area contributed by atoms with E-state index in [4.69, 9.17) is 0 Å². The summed E-state index contributed by atoms with van der Waals surface area (Å²) in [6.07, 6.45) is 1.26. The summed E-state index contributed by atoms with van der Waals surface area (Å²) < 4.78 is 0. The molecule has 1 N–H and O–H groups in total. The first kappa shape index (κ1) is 12.6. The Morgan fingerprint density at radius 1 is 1.16 bits per heavy atom.